The molecule has 3 rings (SSSR count). The van der Waals surface area contributed by atoms with Gasteiger partial charge in [0, 0.05) is 35.5 Å². The summed E-state index contributed by atoms with van der Waals surface area (Å²) in [5, 5.41) is 3.67. The van der Waals surface area contributed by atoms with Crippen LogP contribution < -0.4 is 5.32 Å². The minimum Gasteiger partial charge on any atom is -0.311 e. The van der Waals surface area contributed by atoms with Crippen LogP contribution in [0.1, 0.15) is 31.2 Å². The van der Waals surface area contributed by atoms with E-state index in [1.165, 1.54) is 12.1 Å². The Bertz CT molecular complexity index is 437. The summed E-state index contributed by atoms with van der Waals surface area (Å²) in [6.45, 7) is 0. The molecule has 2 fully saturated rings. The molecule has 0 aromatic heterocycles. The fraction of sp³-hybridized carbons (Fsp3) is 0.538. The fourth-order valence-electron chi connectivity index (χ4n) is 3.16. The number of alkyl halides is 1. The Hall–Kier alpha value is -0.670. The number of hydrogen-bond donors (Lipinski definition) is 1. The van der Waals surface area contributed by atoms with Crippen LogP contribution in [0.3, 0.4) is 0 Å². The van der Waals surface area contributed by atoms with E-state index in [4.69, 9.17) is 11.6 Å². The van der Waals surface area contributed by atoms with Crippen molar-refractivity contribution >= 4 is 11.6 Å². The van der Waals surface area contributed by atoms with Crippen LogP contribution in [0.4, 0.5) is 8.78 Å². The van der Waals surface area contributed by atoms with Gasteiger partial charge in [-0.25, -0.2) is 8.78 Å². The van der Waals surface area contributed by atoms with Crippen molar-refractivity contribution in [3.63, 3.8) is 0 Å². The molecule has 17 heavy (non-hydrogen) atoms. The molecule has 2 aliphatic rings. The second kappa shape index (κ2) is 3.92. The van der Waals surface area contributed by atoms with Crippen molar-refractivity contribution in [3.05, 3.63) is 34.6 Å². The first-order valence-electron chi connectivity index (χ1n) is 5.97. The number of rotatable bonds is 1. The topological polar surface area (TPSA) is 12.0 Å². The van der Waals surface area contributed by atoms with Gasteiger partial charge in [-0.2, -0.15) is 0 Å². The monoisotopic (exact) mass is 257 g/mol. The van der Waals surface area contributed by atoms with Crippen molar-refractivity contribution < 1.29 is 8.78 Å². The van der Waals surface area contributed by atoms with E-state index in [1.54, 1.807) is 6.07 Å². The van der Waals surface area contributed by atoms with Gasteiger partial charge in [-0.3, -0.25) is 0 Å². The van der Waals surface area contributed by atoms with Gasteiger partial charge in [-0.15, -0.1) is 0 Å². The van der Waals surface area contributed by atoms with Crippen LogP contribution in [0.25, 0.3) is 0 Å². The molecule has 2 heterocycles. The standard InChI is InChI=1S/C13H14ClF2N/c14-8-1-4-11(12(15)5-8)13(16)6-9-2-3-10(7-13)17-9/h1,4-5,9-10,17H,2-3,6-7H2. The molecule has 2 aliphatic heterocycles. The Labute approximate surface area is 104 Å². The second-order valence-corrected chi connectivity index (χ2v) is 5.57. The molecule has 1 nitrogen and oxygen atoms in total. The lowest BCUT2D eigenvalue weighted by Crippen LogP contribution is -2.44. The van der Waals surface area contributed by atoms with E-state index in [0.717, 1.165) is 12.8 Å². The third kappa shape index (κ3) is 1.95. The molecular formula is C13H14ClF2N. The molecule has 92 valence electrons. The predicted octanol–water partition coefficient (Wildman–Crippen LogP) is 3.56. The van der Waals surface area contributed by atoms with Crippen molar-refractivity contribution in [3.8, 4) is 0 Å². The third-order valence-electron chi connectivity index (χ3n) is 3.89. The van der Waals surface area contributed by atoms with E-state index >= 15 is 0 Å². The molecular weight excluding hydrogens is 244 g/mol. The Morgan fingerprint density at radius 3 is 2.47 bits per heavy atom. The van der Waals surface area contributed by atoms with Crippen LogP contribution in [-0.4, -0.2) is 12.1 Å². The maximum absolute atomic E-state index is 14.9. The van der Waals surface area contributed by atoms with Gasteiger partial charge < -0.3 is 5.32 Å². The number of benzene rings is 1. The minimum absolute atomic E-state index is 0.167. The lowest BCUT2D eigenvalue weighted by molar-refractivity contribution is 0.0833. The summed E-state index contributed by atoms with van der Waals surface area (Å²) < 4.78 is 28.7. The highest BCUT2D eigenvalue weighted by atomic mass is 35.5. The van der Waals surface area contributed by atoms with Crippen LogP contribution in [0.5, 0.6) is 0 Å². The molecule has 4 heteroatoms. The summed E-state index contributed by atoms with van der Waals surface area (Å²) >= 11 is 5.70. The van der Waals surface area contributed by atoms with Crippen LogP contribution in [-0.2, 0) is 5.67 Å². The average Bonchev–Trinajstić information content (AvgIpc) is 2.58. The molecule has 0 aliphatic carbocycles. The molecule has 0 spiro atoms. The predicted molar refractivity (Wildman–Crippen MR) is 63.4 cm³/mol. The number of piperidine rings is 1. The average molecular weight is 258 g/mol. The molecule has 2 saturated heterocycles. The summed E-state index contributed by atoms with van der Waals surface area (Å²) in [5.41, 5.74) is -1.37. The highest BCUT2D eigenvalue weighted by molar-refractivity contribution is 6.30. The zero-order chi connectivity index (χ0) is 12.0. The van der Waals surface area contributed by atoms with Gasteiger partial charge in [0.15, 0.2) is 0 Å². The maximum Gasteiger partial charge on any atom is 0.141 e. The molecule has 1 aromatic carbocycles. The summed E-state index contributed by atoms with van der Waals surface area (Å²) in [4.78, 5) is 0. The van der Waals surface area contributed by atoms with Crippen molar-refractivity contribution in [1.82, 2.24) is 5.32 Å². The molecule has 0 saturated carbocycles. The van der Waals surface area contributed by atoms with E-state index in [-0.39, 0.29) is 17.6 Å². The second-order valence-electron chi connectivity index (χ2n) is 5.14. The Balaban J connectivity index is 1.97. The Morgan fingerprint density at radius 1 is 1.24 bits per heavy atom. The number of hydrogen-bond acceptors (Lipinski definition) is 1. The minimum atomic E-state index is -1.54. The Kier molecular flexibility index (Phi) is 2.64. The smallest absolute Gasteiger partial charge is 0.141 e. The van der Waals surface area contributed by atoms with Crippen molar-refractivity contribution in [2.24, 2.45) is 0 Å². The van der Waals surface area contributed by atoms with E-state index in [0.29, 0.717) is 17.9 Å². The third-order valence-corrected chi connectivity index (χ3v) is 4.12. The first kappa shape index (κ1) is 11.4. The summed E-state index contributed by atoms with van der Waals surface area (Å²) in [6, 6.07) is 4.62. The lowest BCUT2D eigenvalue weighted by atomic mass is 9.83. The Morgan fingerprint density at radius 2 is 1.88 bits per heavy atom. The lowest BCUT2D eigenvalue weighted by Gasteiger charge is -2.35. The highest BCUT2D eigenvalue weighted by Gasteiger charge is 2.46. The normalized spacial score (nSPS) is 36.2. The van der Waals surface area contributed by atoms with Gasteiger partial charge in [0.05, 0.1) is 0 Å². The molecule has 1 N–H and O–H groups in total. The molecule has 1 aromatic rings. The summed E-state index contributed by atoms with van der Waals surface area (Å²) in [7, 11) is 0. The maximum atomic E-state index is 14.9. The van der Waals surface area contributed by atoms with Gasteiger partial charge in [0.1, 0.15) is 11.5 Å². The number of halogens is 3. The molecule has 2 unspecified atom stereocenters. The van der Waals surface area contributed by atoms with Gasteiger partial charge in [-0.05, 0) is 25.0 Å². The van der Waals surface area contributed by atoms with Crippen LogP contribution >= 0.6 is 11.6 Å². The molecule has 0 radical (unpaired) electrons. The summed E-state index contributed by atoms with van der Waals surface area (Å²) in [5.74, 6) is -0.527. The van der Waals surface area contributed by atoms with Gasteiger partial charge >= 0.3 is 0 Å². The molecule has 2 bridgehead atoms. The van der Waals surface area contributed by atoms with Crippen molar-refractivity contribution in [2.75, 3.05) is 0 Å². The van der Waals surface area contributed by atoms with Crippen LogP contribution in [0.2, 0.25) is 5.02 Å². The molecule has 0 amide bonds. The molecule has 2 atom stereocenters. The van der Waals surface area contributed by atoms with Gasteiger partial charge in [0.25, 0.3) is 0 Å². The van der Waals surface area contributed by atoms with Crippen molar-refractivity contribution in [2.45, 2.75) is 43.4 Å². The van der Waals surface area contributed by atoms with E-state index < -0.39 is 11.5 Å². The zero-order valence-corrected chi connectivity index (χ0v) is 10.1. The highest BCUT2D eigenvalue weighted by Crippen LogP contribution is 2.44. The van der Waals surface area contributed by atoms with Crippen molar-refractivity contribution in [1.29, 1.82) is 0 Å². The van der Waals surface area contributed by atoms with Gasteiger partial charge in [-0.1, -0.05) is 17.7 Å². The fourth-order valence-corrected chi connectivity index (χ4v) is 3.32. The largest absolute Gasteiger partial charge is 0.311 e. The van der Waals surface area contributed by atoms with E-state index in [9.17, 15) is 8.78 Å². The van der Waals surface area contributed by atoms with Gasteiger partial charge in [0.2, 0.25) is 0 Å². The number of nitrogens with one attached hydrogen (secondary N) is 1. The SMILES string of the molecule is Fc1cc(Cl)ccc1C1(F)CC2CCC(C1)N2. The van der Waals surface area contributed by atoms with Crippen LogP contribution in [0.15, 0.2) is 18.2 Å². The summed E-state index contributed by atoms with van der Waals surface area (Å²) in [6.07, 6.45) is 2.71. The zero-order valence-electron chi connectivity index (χ0n) is 9.35. The first-order chi connectivity index (χ1) is 8.07. The first-order valence-corrected chi connectivity index (χ1v) is 6.35. The number of fused-ring (bicyclic) bond motifs is 2. The van der Waals surface area contributed by atoms with Crippen LogP contribution in [0, 0.1) is 5.82 Å². The quantitative estimate of drug-likeness (QED) is 0.811. The van der Waals surface area contributed by atoms with E-state index in [1.807, 2.05) is 0 Å². The van der Waals surface area contributed by atoms with E-state index in [2.05, 4.69) is 5.32 Å².